The number of carbonyl (C=O) groups is 1. The molecule has 28 heavy (non-hydrogen) atoms. The average molecular weight is 432 g/mol. The van der Waals surface area contributed by atoms with E-state index >= 15 is 0 Å². The number of benzene rings is 1. The Bertz CT molecular complexity index is 927. The van der Waals surface area contributed by atoms with Gasteiger partial charge in [-0.3, -0.25) is 4.79 Å². The Kier molecular flexibility index (Phi) is 7.24. The van der Waals surface area contributed by atoms with E-state index in [2.05, 4.69) is 5.32 Å². The average Bonchev–Trinajstić information content (AvgIpc) is 2.63. The Balaban J connectivity index is 2.30. The first-order valence-electron chi connectivity index (χ1n) is 9.34. The standard InChI is InChI=1S/C18H29N3O5S2/c1-5-12-27(23,24)21-11-7-6-8-17(21)18(22)19-16-13-15(10-9-14(16)2)28(25,26)20(3)4/h9-10,13,17H,5-8,11-12H2,1-4H3,(H,19,22). The lowest BCUT2D eigenvalue weighted by atomic mass is 10.0. The fraction of sp³-hybridized carbons (Fsp3) is 0.611. The molecule has 0 aromatic heterocycles. The number of piperidine rings is 1. The van der Waals surface area contributed by atoms with E-state index in [0.29, 0.717) is 30.6 Å². The fourth-order valence-electron chi connectivity index (χ4n) is 3.20. The molecule has 1 atom stereocenters. The molecule has 1 aliphatic rings. The van der Waals surface area contributed by atoms with Crippen molar-refractivity contribution in [2.45, 2.75) is 50.5 Å². The molecule has 0 bridgehead atoms. The van der Waals surface area contributed by atoms with Gasteiger partial charge in [-0.25, -0.2) is 21.1 Å². The van der Waals surface area contributed by atoms with E-state index in [0.717, 1.165) is 17.1 Å². The minimum atomic E-state index is -3.64. The lowest BCUT2D eigenvalue weighted by Gasteiger charge is -2.33. The van der Waals surface area contributed by atoms with Gasteiger partial charge in [0, 0.05) is 26.3 Å². The molecule has 0 aliphatic carbocycles. The number of sulfonamides is 2. The number of nitrogens with one attached hydrogen (secondary N) is 1. The Morgan fingerprint density at radius 3 is 2.50 bits per heavy atom. The number of carbonyl (C=O) groups excluding carboxylic acids is 1. The Labute approximate surface area is 168 Å². The van der Waals surface area contributed by atoms with Gasteiger partial charge in [-0.05, 0) is 43.9 Å². The van der Waals surface area contributed by atoms with E-state index in [1.54, 1.807) is 19.9 Å². The lowest BCUT2D eigenvalue weighted by molar-refractivity contribution is -0.120. The number of nitrogens with zero attached hydrogens (tertiary/aromatic N) is 2. The monoisotopic (exact) mass is 431 g/mol. The summed E-state index contributed by atoms with van der Waals surface area (Å²) in [7, 11) is -4.27. The Hall–Kier alpha value is -1.49. The Morgan fingerprint density at radius 2 is 1.89 bits per heavy atom. The van der Waals surface area contributed by atoms with Crippen LogP contribution in [-0.4, -0.2) is 63.8 Å². The van der Waals surface area contributed by atoms with E-state index in [1.165, 1.54) is 30.5 Å². The molecular weight excluding hydrogens is 402 g/mol. The first-order chi connectivity index (χ1) is 13.0. The van der Waals surface area contributed by atoms with Gasteiger partial charge in [0.1, 0.15) is 6.04 Å². The smallest absolute Gasteiger partial charge is 0.242 e. The SMILES string of the molecule is CCCS(=O)(=O)N1CCCCC1C(=O)Nc1cc(S(=O)(=O)N(C)C)ccc1C. The van der Waals surface area contributed by atoms with Crippen LogP contribution in [0.1, 0.15) is 38.2 Å². The summed E-state index contributed by atoms with van der Waals surface area (Å²) in [5.41, 5.74) is 1.07. The first kappa shape index (κ1) is 22.8. The largest absolute Gasteiger partial charge is 0.324 e. The van der Waals surface area contributed by atoms with Crippen molar-refractivity contribution in [1.29, 1.82) is 0 Å². The van der Waals surface area contributed by atoms with E-state index in [9.17, 15) is 21.6 Å². The van der Waals surface area contributed by atoms with Crippen LogP contribution in [0.5, 0.6) is 0 Å². The molecule has 1 heterocycles. The molecule has 1 amide bonds. The molecule has 1 unspecified atom stereocenters. The van der Waals surface area contributed by atoms with E-state index in [4.69, 9.17) is 0 Å². The molecule has 1 fully saturated rings. The second-order valence-corrected chi connectivity index (χ2v) is 11.4. The third kappa shape index (κ3) is 4.91. The Morgan fingerprint density at radius 1 is 1.21 bits per heavy atom. The van der Waals surface area contributed by atoms with E-state index in [1.807, 2.05) is 0 Å². The molecule has 1 aliphatic heterocycles. The van der Waals surface area contributed by atoms with Crippen molar-refractivity contribution in [2.24, 2.45) is 0 Å². The van der Waals surface area contributed by atoms with Crippen molar-refractivity contribution >= 4 is 31.6 Å². The van der Waals surface area contributed by atoms with Gasteiger partial charge in [0.25, 0.3) is 0 Å². The number of anilines is 1. The highest BCUT2D eigenvalue weighted by atomic mass is 32.2. The number of hydrogen-bond acceptors (Lipinski definition) is 5. The molecule has 1 aromatic carbocycles. The van der Waals surface area contributed by atoms with Gasteiger partial charge in [-0.2, -0.15) is 4.31 Å². The topological polar surface area (TPSA) is 104 Å². The number of hydrogen-bond donors (Lipinski definition) is 1. The van der Waals surface area contributed by atoms with Gasteiger partial charge in [0.05, 0.1) is 10.6 Å². The van der Waals surface area contributed by atoms with Crippen molar-refractivity contribution in [2.75, 3.05) is 31.7 Å². The van der Waals surface area contributed by atoms with Crippen LogP contribution in [0.2, 0.25) is 0 Å². The summed E-state index contributed by atoms with van der Waals surface area (Å²) in [5, 5.41) is 2.75. The maximum atomic E-state index is 12.9. The number of amides is 1. The summed E-state index contributed by atoms with van der Waals surface area (Å²) in [6.07, 6.45) is 2.42. The molecular formula is C18H29N3O5S2. The maximum Gasteiger partial charge on any atom is 0.242 e. The predicted molar refractivity (Wildman–Crippen MR) is 109 cm³/mol. The van der Waals surface area contributed by atoms with Gasteiger partial charge in [0.15, 0.2) is 0 Å². The van der Waals surface area contributed by atoms with Crippen LogP contribution in [-0.2, 0) is 24.8 Å². The summed E-state index contributed by atoms with van der Waals surface area (Å²) in [6, 6.07) is 3.74. The first-order valence-corrected chi connectivity index (χ1v) is 12.4. The quantitative estimate of drug-likeness (QED) is 0.709. The summed E-state index contributed by atoms with van der Waals surface area (Å²) < 4.78 is 52.2. The second kappa shape index (κ2) is 8.89. The molecule has 1 N–H and O–H groups in total. The molecule has 158 valence electrons. The van der Waals surface area contributed by atoms with Crippen molar-refractivity contribution in [3.8, 4) is 0 Å². The second-order valence-electron chi connectivity index (χ2n) is 7.19. The molecule has 10 heteroatoms. The highest BCUT2D eigenvalue weighted by Gasteiger charge is 2.36. The van der Waals surface area contributed by atoms with Gasteiger partial charge < -0.3 is 5.32 Å². The number of rotatable bonds is 7. The molecule has 0 spiro atoms. The van der Waals surface area contributed by atoms with Gasteiger partial charge in [-0.1, -0.05) is 19.4 Å². The van der Waals surface area contributed by atoms with Crippen LogP contribution in [0.25, 0.3) is 0 Å². The van der Waals surface area contributed by atoms with Crippen LogP contribution in [0.15, 0.2) is 23.1 Å². The lowest BCUT2D eigenvalue weighted by Crippen LogP contribution is -2.50. The van der Waals surface area contributed by atoms with Crippen molar-refractivity contribution in [3.05, 3.63) is 23.8 Å². The molecule has 8 nitrogen and oxygen atoms in total. The van der Waals surface area contributed by atoms with Crippen LogP contribution in [0.3, 0.4) is 0 Å². The predicted octanol–water partition coefficient (Wildman–Crippen LogP) is 1.78. The molecule has 0 saturated carbocycles. The van der Waals surface area contributed by atoms with Gasteiger partial charge >= 0.3 is 0 Å². The fourth-order valence-corrected chi connectivity index (χ4v) is 5.87. The van der Waals surface area contributed by atoms with Crippen molar-refractivity contribution in [3.63, 3.8) is 0 Å². The van der Waals surface area contributed by atoms with Gasteiger partial charge in [-0.15, -0.1) is 0 Å². The van der Waals surface area contributed by atoms with Gasteiger partial charge in [0.2, 0.25) is 26.0 Å². The van der Waals surface area contributed by atoms with Crippen LogP contribution in [0, 0.1) is 6.92 Å². The zero-order chi connectivity index (χ0) is 21.1. The van der Waals surface area contributed by atoms with E-state index in [-0.39, 0.29) is 10.6 Å². The molecule has 0 radical (unpaired) electrons. The highest BCUT2D eigenvalue weighted by molar-refractivity contribution is 7.89. The normalized spacial score (nSPS) is 19.0. The summed E-state index contributed by atoms with van der Waals surface area (Å²) in [4.78, 5) is 13.0. The summed E-state index contributed by atoms with van der Waals surface area (Å²) in [6.45, 7) is 3.87. The zero-order valence-corrected chi connectivity index (χ0v) is 18.4. The maximum absolute atomic E-state index is 12.9. The molecule has 2 rings (SSSR count). The zero-order valence-electron chi connectivity index (χ0n) is 16.8. The number of aryl methyl sites for hydroxylation is 1. The van der Waals surface area contributed by atoms with Crippen LogP contribution >= 0.6 is 0 Å². The highest BCUT2D eigenvalue weighted by Crippen LogP contribution is 2.25. The van der Waals surface area contributed by atoms with Crippen molar-refractivity contribution in [1.82, 2.24) is 8.61 Å². The summed E-state index contributed by atoms with van der Waals surface area (Å²) in [5.74, 6) is -0.422. The van der Waals surface area contributed by atoms with Crippen LogP contribution < -0.4 is 5.32 Å². The third-order valence-corrected chi connectivity index (χ3v) is 8.71. The van der Waals surface area contributed by atoms with Crippen molar-refractivity contribution < 1.29 is 21.6 Å². The third-order valence-electron chi connectivity index (χ3n) is 4.82. The van der Waals surface area contributed by atoms with E-state index < -0.39 is 32.0 Å². The minimum absolute atomic E-state index is 0.00632. The molecule has 1 saturated heterocycles. The van der Waals surface area contributed by atoms with Crippen LogP contribution in [0.4, 0.5) is 5.69 Å². The molecule has 1 aromatic rings. The summed E-state index contributed by atoms with van der Waals surface area (Å²) >= 11 is 0. The minimum Gasteiger partial charge on any atom is -0.324 e.